The minimum absolute atomic E-state index is 0.350. The molecule has 0 amide bonds. The van der Waals surface area contributed by atoms with Crippen LogP contribution in [-0.4, -0.2) is 33.8 Å². The molecular weight excluding hydrogens is 236 g/mol. The predicted octanol–water partition coefficient (Wildman–Crippen LogP) is 2.25. The fourth-order valence-electron chi connectivity index (χ4n) is 2.89. The van der Waals surface area contributed by atoms with Crippen LogP contribution in [0.25, 0.3) is 0 Å². The lowest BCUT2D eigenvalue weighted by molar-refractivity contribution is 0.187. The lowest BCUT2D eigenvalue weighted by Gasteiger charge is -2.31. The molecule has 1 aromatic heterocycles. The summed E-state index contributed by atoms with van der Waals surface area (Å²) in [6.45, 7) is 6.29. The molecule has 1 saturated carbocycles. The minimum atomic E-state index is 0.350. The van der Waals surface area contributed by atoms with Crippen molar-refractivity contribution in [3.63, 3.8) is 0 Å². The normalized spacial score (nSPS) is 17.1. The number of nitrogens with two attached hydrogens (primary N) is 1. The molecule has 19 heavy (non-hydrogen) atoms. The maximum absolute atomic E-state index is 6.10. The molecule has 0 aliphatic heterocycles. The summed E-state index contributed by atoms with van der Waals surface area (Å²) in [6.07, 6.45) is 8.32. The number of hydrogen-bond acceptors (Lipinski definition) is 3. The Kier molecular flexibility index (Phi) is 4.99. The van der Waals surface area contributed by atoms with Gasteiger partial charge in [0.05, 0.1) is 11.7 Å². The van der Waals surface area contributed by atoms with Gasteiger partial charge in [0.1, 0.15) is 0 Å². The molecule has 1 unspecified atom stereocenters. The van der Waals surface area contributed by atoms with Crippen molar-refractivity contribution in [2.45, 2.75) is 58.0 Å². The summed E-state index contributed by atoms with van der Waals surface area (Å²) in [6, 6.07) is 1.10. The summed E-state index contributed by atoms with van der Waals surface area (Å²) in [5.74, 6) is 0. The number of rotatable bonds is 8. The van der Waals surface area contributed by atoms with Gasteiger partial charge in [-0.1, -0.05) is 20.3 Å². The molecule has 0 aromatic carbocycles. The van der Waals surface area contributed by atoms with Gasteiger partial charge in [0.15, 0.2) is 0 Å². The van der Waals surface area contributed by atoms with Crippen LogP contribution >= 0.6 is 0 Å². The Bertz CT molecular complexity index is 395. The molecule has 0 radical (unpaired) electrons. The number of aryl methyl sites for hydroxylation is 2. The highest BCUT2D eigenvalue weighted by Crippen LogP contribution is 2.35. The van der Waals surface area contributed by atoms with Gasteiger partial charge in [-0.05, 0) is 32.2 Å². The summed E-state index contributed by atoms with van der Waals surface area (Å²) in [5.41, 5.74) is 8.65. The van der Waals surface area contributed by atoms with E-state index in [2.05, 4.69) is 30.0 Å². The molecule has 1 fully saturated rings. The largest absolute Gasteiger partial charge is 0.329 e. The maximum atomic E-state index is 6.10. The van der Waals surface area contributed by atoms with Gasteiger partial charge in [-0.2, -0.15) is 5.10 Å². The quantitative estimate of drug-likeness (QED) is 0.783. The Hall–Kier alpha value is -0.870. The molecule has 0 saturated heterocycles. The van der Waals surface area contributed by atoms with Crippen molar-refractivity contribution in [2.75, 3.05) is 13.1 Å². The highest BCUT2D eigenvalue weighted by atomic mass is 15.3. The van der Waals surface area contributed by atoms with E-state index in [0.717, 1.165) is 12.5 Å². The van der Waals surface area contributed by atoms with Crippen molar-refractivity contribution in [2.24, 2.45) is 12.8 Å². The van der Waals surface area contributed by atoms with Crippen LogP contribution in [-0.2, 0) is 13.5 Å². The van der Waals surface area contributed by atoms with Crippen LogP contribution in [0.2, 0.25) is 0 Å². The Balaban J connectivity index is 2.20. The predicted molar refractivity (Wildman–Crippen MR) is 79.0 cm³/mol. The van der Waals surface area contributed by atoms with Gasteiger partial charge in [0.25, 0.3) is 0 Å². The molecule has 2 N–H and O–H groups in total. The van der Waals surface area contributed by atoms with E-state index in [1.165, 1.54) is 43.5 Å². The van der Waals surface area contributed by atoms with Crippen LogP contribution in [0.4, 0.5) is 0 Å². The fourth-order valence-corrected chi connectivity index (χ4v) is 2.89. The van der Waals surface area contributed by atoms with Crippen LogP contribution in [0.3, 0.4) is 0 Å². The Morgan fingerprint density at radius 1 is 1.47 bits per heavy atom. The Labute approximate surface area is 117 Å². The topological polar surface area (TPSA) is 47.1 Å². The van der Waals surface area contributed by atoms with E-state index in [4.69, 9.17) is 5.73 Å². The summed E-state index contributed by atoms with van der Waals surface area (Å²) in [7, 11) is 2.00. The molecule has 1 aliphatic carbocycles. The number of nitrogens with zero attached hydrogens (tertiary/aromatic N) is 3. The van der Waals surface area contributed by atoms with Crippen LogP contribution in [0.5, 0.6) is 0 Å². The van der Waals surface area contributed by atoms with E-state index in [9.17, 15) is 0 Å². The van der Waals surface area contributed by atoms with Crippen molar-refractivity contribution < 1.29 is 0 Å². The molecule has 0 spiro atoms. The van der Waals surface area contributed by atoms with Crippen molar-refractivity contribution in [3.05, 3.63) is 17.5 Å². The summed E-state index contributed by atoms with van der Waals surface area (Å²) in [4.78, 5) is 2.62. The van der Waals surface area contributed by atoms with Crippen molar-refractivity contribution >= 4 is 0 Å². The maximum Gasteiger partial charge on any atom is 0.0670 e. The van der Waals surface area contributed by atoms with Gasteiger partial charge in [-0.25, -0.2) is 0 Å². The van der Waals surface area contributed by atoms with E-state index in [1.807, 2.05) is 11.7 Å². The highest BCUT2D eigenvalue weighted by Gasteiger charge is 2.34. The first-order chi connectivity index (χ1) is 9.21. The third kappa shape index (κ3) is 3.37. The number of hydrogen-bond donors (Lipinski definition) is 1. The molecule has 2 rings (SSSR count). The van der Waals surface area contributed by atoms with Crippen LogP contribution in [0.1, 0.15) is 56.8 Å². The highest BCUT2D eigenvalue weighted by molar-refractivity contribution is 5.22. The van der Waals surface area contributed by atoms with Gasteiger partial charge >= 0.3 is 0 Å². The molecule has 108 valence electrons. The monoisotopic (exact) mass is 264 g/mol. The Morgan fingerprint density at radius 2 is 2.21 bits per heavy atom. The fraction of sp³-hybridized carbons (Fsp3) is 0.800. The summed E-state index contributed by atoms with van der Waals surface area (Å²) >= 11 is 0. The molecule has 1 atom stereocenters. The summed E-state index contributed by atoms with van der Waals surface area (Å²) in [5, 5.41) is 4.57. The van der Waals surface area contributed by atoms with Gasteiger partial charge in [-0.3, -0.25) is 9.58 Å². The molecule has 1 aliphatic rings. The minimum Gasteiger partial charge on any atom is -0.329 e. The van der Waals surface area contributed by atoms with E-state index in [1.54, 1.807) is 0 Å². The molecular formula is C15H28N4. The zero-order valence-electron chi connectivity index (χ0n) is 12.6. The molecule has 1 heterocycles. The first-order valence-electron chi connectivity index (χ1n) is 7.69. The standard InChI is InChI=1S/C15H28N4/c1-4-6-9-19(12-7-8-12)15(10-16)13-11-18(3)17-14(13)5-2/h11-12,15H,4-10,16H2,1-3H3. The van der Waals surface area contributed by atoms with E-state index < -0.39 is 0 Å². The Morgan fingerprint density at radius 3 is 2.74 bits per heavy atom. The van der Waals surface area contributed by atoms with E-state index in [0.29, 0.717) is 12.6 Å². The first kappa shape index (κ1) is 14.5. The number of aromatic nitrogens is 2. The van der Waals surface area contributed by atoms with Gasteiger partial charge in [0.2, 0.25) is 0 Å². The van der Waals surface area contributed by atoms with E-state index in [-0.39, 0.29) is 0 Å². The smallest absolute Gasteiger partial charge is 0.0670 e. The third-order valence-corrected chi connectivity index (χ3v) is 4.04. The second-order valence-electron chi connectivity index (χ2n) is 5.63. The molecule has 4 heteroatoms. The molecule has 0 bridgehead atoms. The van der Waals surface area contributed by atoms with Gasteiger partial charge in [-0.15, -0.1) is 0 Å². The van der Waals surface area contributed by atoms with Crippen molar-refractivity contribution in [1.82, 2.24) is 14.7 Å². The lowest BCUT2D eigenvalue weighted by atomic mass is 10.0. The first-order valence-corrected chi connectivity index (χ1v) is 7.69. The lowest BCUT2D eigenvalue weighted by Crippen LogP contribution is -2.36. The second-order valence-corrected chi connectivity index (χ2v) is 5.63. The SMILES string of the molecule is CCCCN(C1CC1)C(CN)c1cn(C)nc1CC. The average Bonchev–Trinajstić information content (AvgIpc) is 3.17. The zero-order chi connectivity index (χ0) is 13.8. The van der Waals surface area contributed by atoms with Crippen LogP contribution in [0.15, 0.2) is 6.20 Å². The van der Waals surface area contributed by atoms with Gasteiger partial charge in [0, 0.05) is 31.4 Å². The molecule has 4 nitrogen and oxygen atoms in total. The van der Waals surface area contributed by atoms with Crippen LogP contribution < -0.4 is 5.73 Å². The van der Waals surface area contributed by atoms with Crippen molar-refractivity contribution in [3.8, 4) is 0 Å². The summed E-state index contributed by atoms with van der Waals surface area (Å²) < 4.78 is 1.93. The average molecular weight is 264 g/mol. The van der Waals surface area contributed by atoms with E-state index >= 15 is 0 Å². The second kappa shape index (κ2) is 6.53. The van der Waals surface area contributed by atoms with Crippen molar-refractivity contribution in [1.29, 1.82) is 0 Å². The number of unbranched alkanes of at least 4 members (excludes halogenated alkanes) is 1. The molecule has 1 aromatic rings. The van der Waals surface area contributed by atoms with Crippen LogP contribution in [0, 0.1) is 0 Å². The third-order valence-electron chi connectivity index (χ3n) is 4.04. The zero-order valence-corrected chi connectivity index (χ0v) is 12.6. The van der Waals surface area contributed by atoms with Gasteiger partial charge < -0.3 is 5.73 Å².